The highest BCUT2D eigenvalue weighted by Crippen LogP contribution is 2.24. The van der Waals surface area contributed by atoms with Gasteiger partial charge in [-0.2, -0.15) is 9.97 Å². The van der Waals surface area contributed by atoms with Crippen LogP contribution >= 0.6 is 0 Å². The summed E-state index contributed by atoms with van der Waals surface area (Å²) < 4.78 is 15.8. The first-order valence-corrected chi connectivity index (χ1v) is 11.7. The number of nitrogens with zero attached hydrogens (tertiary/aromatic N) is 6. The highest BCUT2D eigenvalue weighted by Gasteiger charge is 2.15. The zero-order valence-electron chi connectivity index (χ0n) is 20.2. The highest BCUT2D eigenvalue weighted by atomic mass is 19.1. The van der Waals surface area contributed by atoms with E-state index in [-0.39, 0.29) is 22.7 Å². The van der Waals surface area contributed by atoms with Crippen LogP contribution in [0.2, 0.25) is 0 Å². The van der Waals surface area contributed by atoms with E-state index in [1.165, 1.54) is 35.3 Å². The Morgan fingerprint density at radius 1 is 1.05 bits per heavy atom. The lowest BCUT2D eigenvalue weighted by molar-refractivity contribution is -0.111. The first-order valence-electron chi connectivity index (χ1n) is 11.7. The second kappa shape index (κ2) is 10.2. The molecule has 11 heteroatoms. The minimum atomic E-state index is -0.616. The average Bonchev–Trinajstić information content (AvgIpc) is 2.91. The summed E-state index contributed by atoms with van der Waals surface area (Å²) in [6, 6.07) is 12.1. The molecule has 1 amide bonds. The second-order valence-electron chi connectivity index (χ2n) is 8.67. The van der Waals surface area contributed by atoms with Crippen LogP contribution < -0.4 is 21.1 Å². The number of aromatic nitrogens is 4. The van der Waals surface area contributed by atoms with Gasteiger partial charge in [0, 0.05) is 43.8 Å². The fourth-order valence-electron chi connectivity index (χ4n) is 4.08. The second-order valence-corrected chi connectivity index (χ2v) is 8.67. The van der Waals surface area contributed by atoms with Gasteiger partial charge in [-0.05, 0) is 55.6 Å². The predicted octanol–water partition coefficient (Wildman–Crippen LogP) is 2.93. The van der Waals surface area contributed by atoms with E-state index in [9.17, 15) is 14.0 Å². The number of anilines is 4. The van der Waals surface area contributed by atoms with E-state index in [0.29, 0.717) is 5.69 Å². The summed E-state index contributed by atoms with van der Waals surface area (Å²) in [6.45, 7) is 7.39. The number of nitrogens with one attached hydrogen (secondary N) is 2. The van der Waals surface area contributed by atoms with Crippen LogP contribution in [0.5, 0.6) is 0 Å². The van der Waals surface area contributed by atoms with Crippen LogP contribution in [0.4, 0.5) is 27.4 Å². The third-order valence-corrected chi connectivity index (χ3v) is 6.18. The number of fused-ring (bicyclic) bond motifs is 1. The highest BCUT2D eigenvalue weighted by molar-refractivity contribution is 5.99. The Morgan fingerprint density at radius 3 is 2.51 bits per heavy atom. The molecule has 0 bridgehead atoms. The minimum absolute atomic E-state index is 0.0397. The summed E-state index contributed by atoms with van der Waals surface area (Å²) in [7, 11) is 2.12. The number of hydrogen-bond donors (Lipinski definition) is 2. The smallest absolute Gasteiger partial charge is 0.283 e. The van der Waals surface area contributed by atoms with Gasteiger partial charge in [-0.25, -0.2) is 9.37 Å². The molecule has 5 rings (SSSR count). The number of rotatable bonds is 6. The van der Waals surface area contributed by atoms with E-state index in [4.69, 9.17) is 0 Å². The molecule has 2 aromatic carbocycles. The standard InChI is InChI=1S/C26H25FN8O2/c1-3-23(36)31-22-14-19(8-9-21(22)27)35-16-29-25(37)20-15-28-26(32-24(20)35)30-17-4-6-18(7-5-17)34-12-10-33(2)11-13-34/h3-9,14-16H,1,10-13H2,2H3,(H,31,36)(H,28,30,32). The van der Waals surface area contributed by atoms with Crippen molar-refractivity contribution in [3.63, 3.8) is 0 Å². The number of carbonyl (C=O) groups excluding carboxylic acids is 1. The molecule has 0 spiro atoms. The number of piperazine rings is 1. The van der Waals surface area contributed by atoms with E-state index in [1.807, 2.05) is 24.3 Å². The Morgan fingerprint density at radius 2 is 1.78 bits per heavy atom. The molecule has 0 unspecified atom stereocenters. The summed E-state index contributed by atoms with van der Waals surface area (Å²) in [6.07, 6.45) is 3.75. The van der Waals surface area contributed by atoms with Crippen LogP contribution in [0.25, 0.3) is 16.7 Å². The molecule has 0 atom stereocenters. The molecule has 1 aliphatic heterocycles. The van der Waals surface area contributed by atoms with Crippen molar-refractivity contribution in [3.8, 4) is 5.69 Å². The number of hydrogen-bond acceptors (Lipinski definition) is 8. The van der Waals surface area contributed by atoms with Gasteiger partial charge in [0.15, 0.2) is 5.65 Å². The normalized spacial score (nSPS) is 13.9. The summed E-state index contributed by atoms with van der Waals surface area (Å²) in [5.41, 5.74) is 2.13. The molecule has 10 nitrogen and oxygen atoms in total. The summed E-state index contributed by atoms with van der Waals surface area (Å²) in [4.78, 5) is 41.4. The van der Waals surface area contributed by atoms with Crippen molar-refractivity contribution in [2.45, 2.75) is 0 Å². The molecule has 1 aliphatic rings. The van der Waals surface area contributed by atoms with E-state index in [0.717, 1.165) is 43.6 Å². The first-order chi connectivity index (χ1) is 17.9. The molecule has 1 fully saturated rings. The molecule has 0 aliphatic carbocycles. The average molecular weight is 501 g/mol. The van der Waals surface area contributed by atoms with Crippen molar-refractivity contribution in [2.24, 2.45) is 0 Å². The van der Waals surface area contributed by atoms with Gasteiger partial charge in [0.1, 0.15) is 17.5 Å². The van der Waals surface area contributed by atoms with Crippen LogP contribution in [0, 0.1) is 5.82 Å². The van der Waals surface area contributed by atoms with Crippen molar-refractivity contribution >= 4 is 40.0 Å². The van der Waals surface area contributed by atoms with Gasteiger partial charge in [0.05, 0.1) is 11.4 Å². The monoisotopic (exact) mass is 500 g/mol. The van der Waals surface area contributed by atoms with E-state index in [2.05, 4.69) is 49.0 Å². The van der Waals surface area contributed by atoms with Crippen LogP contribution in [-0.4, -0.2) is 63.6 Å². The van der Waals surface area contributed by atoms with Crippen molar-refractivity contribution in [2.75, 3.05) is 48.8 Å². The molecule has 1 saturated heterocycles. The van der Waals surface area contributed by atoms with Gasteiger partial charge in [-0.15, -0.1) is 0 Å². The number of benzene rings is 2. The van der Waals surface area contributed by atoms with Gasteiger partial charge in [0.25, 0.3) is 5.56 Å². The molecule has 3 heterocycles. The quantitative estimate of drug-likeness (QED) is 0.389. The number of halogens is 1. The predicted molar refractivity (Wildman–Crippen MR) is 141 cm³/mol. The van der Waals surface area contributed by atoms with Gasteiger partial charge in [0.2, 0.25) is 11.9 Å². The fraction of sp³-hybridized carbons (Fsp3) is 0.192. The van der Waals surface area contributed by atoms with Crippen LogP contribution in [0.15, 0.2) is 72.4 Å². The maximum Gasteiger partial charge on any atom is 0.283 e. The molecule has 2 aromatic heterocycles. The molecular weight excluding hydrogens is 475 g/mol. The SMILES string of the molecule is C=CC(=O)Nc1cc(-n2cnc(=O)c3cnc(Nc4ccc(N5CCN(C)CC5)cc4)nc32)ccc1F. The van der Waals surface area contributed by atoms with Crippen LogP contribution in [-0.2, 0) is 4.79 Å². The summed E-state index contributed by atoms with van der Waals surface area (Å²) >= 11 is 0. The van der Waals surface area contributed by atoms with Crippen molar-refractivity contribution in [1.82, 2.24) is 24.4 Å². The Hall–Kier alpha value is -4.64. The molecule has 188 valence electrons. The molecule has 4 aromatic rings. The molecule has 0 radical (unpaired) electrons. The van der Waals surface area contributed by atoms with Crippen molar-refractivity contribution in [1.29, 1.82) is 0 Å². The summed E-state index contributed by atoms with van der Waals surface area (Å²) in [5.74, 6) is -0.887. The number of amides is 1. The van der Waals surface area contributed by atoms with Gasteiger partial charge in [-0.1, -0.05) is 6.58 Å². The van der Waals surface area contributed by atoms with Crippen molar-refractivity contribution < 1.29 is 9.18 Å². The maximum atomic E-state index is 14.3. The minimum Gasteiger partial charge on any atom is -0.369 e. The summed E-state index contributed by atoms with van der Waals surface area (Å²) in [5, 5.41) is 5.79. The Kier molecular flexibility index (Phi) is 6.60. The molecular formula is C26H25FN8O2. The number of likely N-dealkylation sites (N-methyl/N-ethyl adjacent to an activating group) is 1. The van der Waals surface area contributed by atoms with Gasteiger partial charge >= 0.3 is 0 Å². The topological polar surface area (TPSA) is 108 Å². The van der Waals surface area contributed by atoms with Gasteiger partial charge < -0.3 is 20.4 Å². The molecule has 0 saturated carbocycles. The molecule has 37 heavy (non-hydrogen) atoms. The van der Waals surface area contributed by atoms with Crippen molar-refractivity contribution in [3.05, 3.63) is 83.8 Å². The third-order valence-electron chi connectivity index (χ3n) is 6.18. The van der Waals surface area contributed by atoms with Crippen LogP contribution in [0.1, 0.15) is 0 Å². The fourth-order valence-corrected chi connectivity index (χ4v) is 4.08. The zero-order valence-corrected chi connectivity index (χ0v) is 20.2. The Bertz CT molecular complexity index is 1530. The largest absolute Gasteiger partial charge is 0.369 e. The zero-order chi connectivity index (χ0) is 25.9. The van der Waals surface area contributed by atoms with E-state index < -0.39 is 17.3 Å². The first kappa shape index (κ1) is 24.1. The Balaban J connectivity index is 1.45. The third kappa shape index (κ3) is 5.16. The van der Waals surface area contributed by atoms with E-state index >= 15 is 0 Å². The van der Waals surface area contributed by atoms with Crippen LogP contribution in [0.3, 0.4) is 0 Å². The lowest BCUT2D eigenvalue weighted by atomic mass is 10.2. The number of carbonyl (C=O) groups is 1. The van der Waals surface area contributed by atoms with Gasteiger partial charge in [-0.3, -0.25) is 14.2 Å². The van der Waals surface area contributed by atoms with E-state index in [1.54, 1.807) is 0 Å². The molecule has 2 N–H and O–H groups in total. The lowest BCUT2D eigenvalue weighted by Gasteiger charge is -2.34. The maximum absolute atomic E-state index is 14.3. The lowest BCUT2D eigenvalue weighted by Crippen LogP contribution is -2.44. The Labute approximate surface area is 212 Å².